The number of rotatable bonds is 2. The molecule has 0 saturated carbocycles. The molecule has 0 atom stereocenters. The second kappa shape index (κ2) is 3.91. The van der Waals surface area contributed by atoms with Gasteiger partial charge in [-0.05, 0) is 6.92 Å². The maximum Gasteiger partial charge on any atom is 0.328 e. The molecule has 1 rings (SSSR count). The summed E-state index contributed by atoms with van der Waals surface area (Å²) in [5.41, 5.74) is -0.610. The van der Waals surface area contributed by atoms with Crippen molar-refractivity contribution in [3.8, 4) is 0 Å². The van der Waals surface area contributed by atoms with E-state index < -0.39 is 11.2 Å². The Bertz CT molecular complexity index is 458. The summed E-state index contributed by atoms with van der Waals surface area (Å²) in [4.78, 5) is 35.2. The number of amides is 1. The van der Waals surface area contributed by atoms with Crippen LogP contribution >= 0.6 is 0 Å². The van der Waals surface area contributed by atoms with Crippen molar-refractivity contribution in [2.75, 3.05) is 7.05 Å². The highest BCUT2D eigenvalue weighted by atomic mass is 16.2. The maximum atomic E-state index is 11.2. The highest BCUT2D eigenvalue weighted by Crippen LogP contribution is 1.83. The molecule has 0 spiro atoms. The summed E-state index contributed by atoms with van der Waals surface area (Å²) in [5, 5.41) is 2.38. The van der Waals surface area contributed by atoms with Gasteiger partial charge >= 0.3 is 5.69 Å². The Balaban J connectivity index is 3.11. The van der Waals surface area contributed by atoms with Gasteiger partial charge in [0.15, 0.2) is 0 Å². The quantitative estimate of drug-likeness (QED) is 0.611. The SMILES string of the molecule is CNC(=O)Cn1cc(C)c(=O)[nH]c1=O. The number of hydrogen-bond acceptors (Lipinski definition) is 3. The zero-order valence-electron chi connectivity index (χ0n) is 7.96. The average molecular weight is 197 g/mol. The molecule has 0 radical (unpaired) electrons. The Morgan fingerprint density at radius 1 is 1.57 bits per heavy atom. The molecule has 6 nitrogen and oxygen atoms in total. The minimum Gasteiger partial charge on any atom is -0.358 e. The molecule has 0 saturated heterocycles. The standard InChI is InChI=1S/C8H11N3O3/c1-5-3-11(4-6(12)9-2)8(14)10-7(5)13/h3H,4H2,1-2H3,(H,9,12)(H,10,13,14). The van der Waals surface area contributed by atoms with Crippen molar-refractivity contribution in [1.82, 2.24) is 14.9 Å². The number of nitrogens with one attached hydrogen (secondary N) is 2. The van der Waals surface area contributed by atoms with Crippen molar-refractivity contribution in [2.24, 2.45) is 0 Å². The van der Waals surface area contributed by atoms with Gasteiger partial charge in [0.1, 0.15) is 6.54 Å². The minimum absolute atomic E-state index is 0.0903. The van der Waals surface area contributed by atoms with Gasteiger partial charge in [0, 0.05) is 18.8 Å². The van der Waals surface area contributed by atoms with E-state index in [0.717, 1.165) is 4.57 Å². The topological polar surface area (TPSA) is 84.0 Å². The lowest BCUT2D eigenvalue weighted by Gasteiger charge is -2.03. The molecule has 0 aliphatic rings. The summed E-state index contributed by atoms with van der Waals surface area (Å²) in [5.74, 6) is -0.293. The second-order valence-electron chi connectivity index (χ2n) is 2.87. The molecular weight excluding hydrogens is 186 g/mol. The summed E-state index contributed by atoms with van der Waals surface area (Å²) in [6.07, 6.45) is 1.36. The van der Waals surface area contributed by atoms with Crippen LogP contribution in [-0.4, -0.2) is 22.5 Å². The fourth-order valence-corrected chi connectivity index (χ4v) is 0.970. The monoisotopic (exact) mass is 197 g/mol. The van der Waals surface area contributed by atoms with Crippen molar-refractivity contribution < 1.29 is 4.79 Å². The van der Waals surface area contributed by atoms with E-state index in [2.05, 4.69) is 10.3 Å². The van der Waals surface area contributed by atoms with E-state index in [1.165, 1.54) is 13.2 Å². The average Bonchev–Trinajstić information content (AvgIpc) is 2.14. The number of aromatic nitrogens is 2. The Morgan fingerprint density at radius 2 is 2.21 bits per heavy atom. The van der Waals surface area contributed by atoms with Crippen LogP contribution < -0.4 is 16.6 Å². The van der Waals surface area contributed by atoms with Gasteiger partial charge in [0.25, 0.3) is 5.56 Å². The number of carbonyl (C=O) groups is 1. The van der Waals surface area contributed by atoms with E-state index in [4.69, 9.17) is 0 Å². The van der Waals surface area contributed by atoms with Crippen LogP contribution in [0.1, 0.15) is 5.56 Å². The number of H-pyrrole nitrogens is 1. The molecule has 1 amide bonds. The summed E-state index contributed by atoms with van der Waals surface area (Å²) in [7, 11) is 1.48. The third-order valence-corrected chi connectivity index (χ3v) is 1.78. The van der Waals surface area contributed by atoms with Crippen LogP contribution in [0.2, 0.25) is 0 Å². The lowest BCUT2D eigenvalue weighted by atomic mass is 10.4. The van der Waals surface area contributed by atoms with Crippen molar-refractivity contribution in [2.45, 2.75) is 13.5 Å². The van der Waals surface area contributed by atoms with E-state index >= 15 is 0 Å². The van der Waals surface area contributed by atoms with Crippen LogP contribution in [0.15, 0.2) is 15.8 Å². The van der Waals surface area contributed by atoms with Crippen molar-refractivity contribution in [1.29, 1.82) is 0 Å². The van der Waals surface area contributed by atoms with Crippen LogP contribution in [0.5, 0.6) is 0 Å². The molecule has 1 aromatic heterocycles. The van der Waals surface area contributed by atoms with Crippen molar-refractivity contribution >= 4 is 5.91 Å². The van der Waals surface area contributed by atoms with Crippen LogP contribution in [0.3, 0.4) is 0 Å². The summed E-state index contributed by atoms with van der Waals surface area (Å²) in [6, 6.07) is 0. The molecule has 0 fully saturated rings. The van der Waals surface area contributed by atoms with Gasteiger partial charge in [-0.1, -0.05) is 0 Å². The van der Waals surface area contributed by atoms with E-state index in [1.54, 1.807) is 6.92 Å². The van der Waals surface area contributed by atoms with E-state index in [0.29, 0.717) is 5.56 Å². The highest BCUT2D eigenvalue weighted by molar-refractivity contribution is 5.75. The van der Waals surface area contributed by atoms with Gasteiger partial charge in [0.05, 0.1) is 0 Å². The lowest BCUT2D eigenvalue weighted by molar-refractivity contribution is -0.121. The molecule has 2 N–H and O–H groups in total. The van der Waals surface area contributed by atoms with Crippen molar-refractivity contribution in [3.05, 3.63) is 32.6 Å². The summed E-state index contributed by atoms with van der Waals surface area (Å²) < 4.78 is 1.15. The smallest absolute Gasteiger partial charge is 0.328 e. The summed E-state index contributed by atoms with van der Waals surface area (Å²) >= 11 is 0. The molecule has 14 heavy (non-hydrogen) atoms. The number of aromatic amines is 1. The van der Waals surface area contributed by atoms with Crippen LogP contribution in [-0.2, 0) is 11.3 Å². The lowest BCUT2D eigenvalue weighted by Crippen LogP contribution is -2.35. The Hall–Kier alpha value is -1.85. The van der Waals surface area contributed by atoms with Crippen LogP contribution in [0.4, 0.5) is 0 Å². The second-order valence-corrected chi connectivity index (χ2v) is 2.87. The Morgan fingerprint density at radius 3 is 2.79 bits per heavy atom. The number of hydrogen-bond donors (Lipinski definition) is 2. The molecule has 0 bridgehead atoms. The first kappa shape index (κ1) is 10.2. The maximum absolute atomic E-state index is 11.2. The molecular formula is C8H11N3O3. The molecule has 1 heterocycles. The fraction of sp³-hybridized carbons (Fsp3) is 0.375. The molecule has 76 valence electrons. The zero-order chi connectivity index (χ0) is 10.7. The van der Waals surface area contributed by atoms with Gasteiger partial charge in [-0.15, -0.1) is 0 Å². The highest BCUT2D eigenvalue weighted by Gasteiger charge is 2.04. The largest absolute Gasteiger partial charge is 0.358 e. The normalized spacial score (nSPS) is 9.86. The Kier molecular flexibility index (Phi) is 2.85. The third kappa shape index (κ3) is 2.09. The van der Waals surface area contributed by atoms with Crippen LogP contribution in [0, 0.1) is 6.92 Å². The number of carbonyl (C=O) groups excluding carboxylic acids is 1. The molecule has 1 aromatic rings. The number of aryl methyl sites for hydroxylation is 1. The molecule has 6 heteroatoms. The van der Waals surface area contributed by atoms with E-state index in [9.17, 15) is 14.4 Å². The van der Waals surface area contributed by atoms with Gasteiger partial charge < -0.3 is 5.32 Å². The first-order chi connectivity index (χ1) is 6.54. The number of nitrogens with zero attached hydrogens (tertiary/aromatic N) is 1. The van der Waals surface area contributed by atoms with Gasteiger partial charge in [-0.2, -0.15) is 0 Å². The van der Waals surface area contributed by atoms with Crippen molar-refractivity contribution in [3.63, 3.8) is 0 Å². The van der Waals surface area contributed by atoms with E-state index in [1.807, 2.05) is 0 Å². The Labute approximate surface area is 79.6 Å². The first-order valence-corrected chi connectivity index (χ1v) is 4.05. The molecule has 0 aromatic carbocycles. The molecule has 0 aliphatic carbocycles. The number of likely N-dealkylation sites (N-methyl/N-ethyl adjacent to an activating group) is 1. The third-order valence-electron chi connectivity index (χ3n) is 1.78. The van der Waals surface area contributed by atoms with E-state index in [-0.39, 0.29) is 12.5 Å². The predicted molar refractivity (Wildman–Crippen MR) is 50.1 cm³/mol. The minimum atomic E-state index is -0.579. The first-order valence-electron chi connectivity index (χ1n) is 4.05. The summed E-state index contributed by atoms with van der Waals surface area (Å²) in [6.45, 7) is 1.48. The molecule has 0 unspecified atom stereocenters. The van der Waals surface area contributed by atoms with Gasteiger partial charge in [0.2, 0.25) is 5.91 Å². The van der Waals surface area contributed by atoms with Gasteiger partial charge in [-0.25, -0.2) is 4.79 Å². The van der Waals surface area contributed by atoms with Crippen LogP contribution in [0.25, 0.3) is 0 Å². The zero-order valence-corrected chi connectivity index (χ0v) is 7.96. The fourth-order valence-electron chi connectivity index (χ4n) is 0.970. The predicted octanol–water partition coefficient (Wildman–Crippen LogP) is -1.41. The molecule has 0 aliphatic heterocycles. The van der Waals surface area contributed by atoms with Gasteiger partial charge in [-0.3, -0.25) is 19.1 Å².